The Kier molecular flexibility index (Phi) is 8.77. The van der Waals surface area contributed by atoms with Gasteiger partial charge in [0.25, 0.3) is 0 Å². The molecule has 39 heavy (non-hydrogen) atoms. The summed E-state index contributed by atoms with van der Waals surface area (Å²) in [5, 5.41) is 6.47. The van der Waals surface area contributed by atoms with Gasteiger partial charge in [-0.15, -0.1) is 0 Å². The molecular weight excluding hydrogens is 528 g/mol. The number of nitrogens with one attached hydrogen (secondary N) is 2. The zero-order valence-corrected chi connectivity index (χ0v) is 21.4. The van der Waals surface area contributed by atoms with Gasteiger partial charge in [0.15, 0.2) is 0 Å². The van der Waals surface area contributed by atoms with E-state index < -0.39 is 35.1 Å². The largest absolute Gasteiger partial charge is 0.416 e. The van der Waals surface area contributed by atoms with E-state index in [1.54, 1.807) is 4.90 Å². The summed E-state index contributed by atoms with van der Waals surface area (Å²) in [4.78, 5) is 14.3. The van der Waals surface area contributed by atoms with E-state index in [-0.39, 0.29) is 30.3 Å². The van der Waals surface area contributed by atoms with Crippen LogP contribution in [-0.4, -0.2) is 56.4 Å². The number of hydrogen-bond donors (Lipinski definition) is 2. The van der Waals surface area contributed by atoms with Gasteiger partial charge in [-0.05, 0) is 49.1 Å². The fourth-order valence-corrected chi connectivity index (χ4v) is 4.87. The average Bonchev–Trinajstić information content (AvgIpc) is 2.92. The molecule has 2 fully saturated rings. The third-order valence-electron chi connectivity index (χ3n) is 7.22. The van der Waals surface area contributed by atoms with Crippen LogP contribution in [0.2, 0.25) is 0 Å². The van der Waals surface area contributed by atoms with Gasteiger partial charge in [-0.25, -0.2) is 4.79 Å². The number of urea groups is 1. The van der Waals surface area contributed by atoms with Gasteiger partial charge in [0.2, 0.25) is 0 Å². The lowest BCUT2D eigenvalue weighted by Gasteiger charge is -2.42. The number of nitrogens with zero attached hydrogens (tertiary/aromatic N) is 1. The zero-order valence-electron chi connectivity index (χ0n) is 21.4. The minimum Gasteiger partial charge on any atom is -0.378 e. The zero-order chi connectivity index (χ0) is 28.3. The van der Waals surface area contributed by atoms with Crippen molar-refractivity contribution in [2.75, 3.05) is 39.5 Å². The topological polar surface area (TPSA) is 62.8 Å². The highest BCUT2D eigenvalue weighted by Crippen LogP contribution is 2.39. The summed E-state index contributed by atoms with van der Waals surface area (Å²) in [5.74, 6) is 0. The number of hydrogen-bond acceptors (Lipinski definition) is 4. The number of carbonyl (C=O) groups is 1. The third-order valence-corrected chi connectivity index (χ3v) is 7.22. The molecule has 3 atom stereocenters. The Morgan fingerprint density at radius 1 is 1.08 bits per heavy atom. The number of amides is 2. The van der Waals surface area contributed by atoms with E-state index >= 15 is 0 Å². The van der Waals surface area contributed by atoms with E-state index in [9.17, 15) is 31.1 Å². The monoisotopic (exact) mass is 559 g/mol. The van der Waals surface area contributed by atoms with Crippen molar-refractivity contribution >= 4 is 6.03 Å². The number of rotatable bonds is 6. The molecule has 0 bridgehead atoms. The molecule has 6 nitrogen and oxygen atoms in total. The second kappa shape index (κ2) is 11.7. The van der Waals surface area contributed by atoms with Crippen LogP contribution >= 0.6 is 0 Å². The Bertz CT molecular complexity index is 1080. The molecule has 214 valence electrons. The molecule has 4 rings (SSSR count). The minimum absolute atomic E-state index is 0.0000923. The van der Waals surface area contributed by atoms with Gasteiger partial charge < -0.3 is 25.0 Å². The number of ether oxygens (including phenoxy) is 2. The molecule has 0 aliphatic carbocycles. The van der Waals surface area contributed by atoms with E-state index in [0.717, 1.165) is 5.56 Å². The van der Waals surface area contributed by atoms with Crippen LogP contribution < -0.4 is 10.6 Å². The summed E-state index contributed by atoms with van der Waals surface area (Å²) >= 11 is 0. The van der Waals surface area contributed by atoms with Crippen LogP contribution in [0.15, 0.2) is 48.5 Å². The summed E-state index contributed by atoms with van der Waals surface area (Å²) in [6.07, 6.45) is -9.81. The standard InChI is InChI=1S/C27H31F6N3O3/c1-18(19-13-21(26(28,29)30)15-22(14-19)27(31,32)33)39-17-25(20-5-3-2-4-6-20)8-7-23(16-34-25)35-24(37)36-9-11-38-12-10-36/h2-6,13-15,18,23,34H,7-12,16-17H2,1H3,(H,35,37)/t18-,23+,25?/m1/s1. The highest BCUT2D eigenvalue weighted by atomic mass is 19.4. The van der Waals surface area contributed by atoms with Gasteiger partial charge in [0.05, 0.1) is 42.6 Å². The first-order valence-corrected chi connectivity index (χ1v) is 12.7. The molecule has 2 aromatic rings. The summed E-state index contributed by atoms with van der Waals surface area (Å²) in [6, 6.07) is 10.5. The van der Waals surface area contributed by atoms with Crippen molar-refractivity contribution in [1.82, 2.24) is 15.5 Å². The third kappa shape index (κ3) is 7.23. The molecule has 2 heterocycles. The fourth-order valence-electron chi connectivity index (χ4n) is 4.87. The maximum Gasteiger partial charge on any atom is 0.416 e. The van der Waals surface area contributed by atoms with Crippen LogP contribution in [-0.2, 0) is 27.4 Å². The smallest absolute Gasteiger partial charge is 0.378 e. The van der Waals surface area contributed by atoms with Crippen molar-refractivity contribution in [1.29, 1.82) is 0 Å². The molecule has 2 N–H and O–H groups in total. The molecule has 0 aromatic heterocycles. The second-order valence-corrected chi connectivity index (χ2v) is 9.91. The van der Waals surface area contributed by atoms with Crippen LogP contribution in [0.4, 0.5) is 31.1 Å². The van der Waals surface area contributed by atoms with E-state index in [2.05, 4.69) is 10.6 Å². The second-order valence-electron chi connectivity index (χ2n) is 9.91. The molecule has 2 aliphatic heterocycles. The molecule has 2 aliphatic rings. The van der Waals surface area contributed by atoms with Crippen molar-refractivity contribution in [3.05, 3.63) is 70.8 Å². The van der Waals surface area contributed by atoms with E-state index in [4.69, 9.17) is 9.47 Å². The summed E-state index contributed by atoms with van der Waals surface area (Å²) < 4.78 is 91.3. The number of benzene rings is 2. The van der Waals surface area contributed by atoms with Crippen LogP contribution in [0.25, 0.3) is 0 Å². The first-order chi connectivity index (χ1) is 18.4. The first kappa shape index (κ1) is 29.2. The molecule has 0 radical (unpaired) electrons. The predicted octanol–water partition coefficient (Wildman–Crippen LogP) is 5.49. The van der Waals surface area contributed by atoms with Crippen LogP contribution in [0.3, 0.4) is 0 Å². The quantitative estimate of drug-likeness (QED) is 0.460. The Labute approximate surface area is 222 Å². The molecule has 0 saturated carbocycles. The number of alkyl halides is 6. The van der Waals surface area contributed by atoms with Crippen molar-refractivity contribution in [2.45, 2.75) is 49.8 Å². The van der Waals surface area contributed by atoms with Crippen molar-refractivity contribution in [3.63, 3.8) is 0 Å². The van der Waals surface area contributed by atoms with E-state index in [1.165, 1.54) is 6.92 Å². The van der Waals surface area contributed by atoms with Gasteiger partial charge in [0, 0.05) is 25.7 Å². The summed E-state index contributed by atoms with van der Waals surface area (Å²) in [5.41, 5.74) is -2.85. The Morgan fingerprint density at radius 3 is 2.23 bits per heavy atom. The molecule has 2 saturated heterocycles. The summed E-state index contributed by atoms with van der Waals surface area (Å²) in [7, 11) is 0. The average molecular weight is 560 g/mol. The van der Waals surface area contributed by atoms with E-state index in [0.29, 0.717) is 57.8 Å². The van der Waals surface area contributed by atoms with Gasteiger partial charge >= 0.3 is 18.4 Å². The van der Waals surface area contributed by atoms with Gasteiger partial charge in [-0.1, -0.05) is 30.3 Å². The summed E-state index contributed by atoms with van der Waals surface area (Å²) in [6.45, 7) is 3.83. The highest BCUT2D eigenvalue weighted by Gasteiger charge is 2.40. The molecule has 2 amide bonds. The van der Waals surface area contributed by atoms with Crippen LogP contribution in [0, 0.1) is 0 Å². The lowest BCUT2D eigenvalue weighted by Crippen LogP contribution is -2.59. The van der Waals surface area contributed by atoms with Gasteiger partial charge in [-0.2, -0.15) is 26.3 Å². The lowest BCUT2D eigenvalue weighted by molar-refractivity contribution is -0.143. The molecular formula is C27H31F6N3O3. The number of morpholine rings is 1. The van der Waals surface area contributed by atoms with Gasteiger partial charge in [-0.3, -0.25) is 0 Å². The lowest BCUT2D eigenvalue weighted by atomic mass is 9.81. The molecule has 0 spiro atoms. The molecule has 2 aromatic carbocycles. The van der Waals surface area contributed by atoms with Crippen LogP contribution in [0.5, 0.6) is 0 Å². The SMILES string of the molecule is C[C@@H](OCC1(c2ccccc2)CC[C@H](NC(=O)N2CCOCC2)CN1)c1cc(C(F)(F)F)cc(C(F)(F)F)c1. The molecule has 1 unspecified atom stereocenters. The number of halogens is 6. The van der Waals surface area contributed by atoms with Crippen LogP contribution in [0.1, 0.15) is 48.1 Å². The van der Waals surface area contributed by atoms with E-state index in [1.807, 2.05) is 30.3 Å². The van der Waals surface area contributed by atoms with Gasteiger partial charge in [0.1, 0.15) is 0 Å². The first-order valence-electron chi connectivity index (χ1n) is 12.7. The normalized spacial score (nSPS) is 23.4. The molecule has 12 heteroatoms. The maximum atomic E-state index is 13.3. The number of carbonyl (C=O) groups excluding carboxylic acids is 1. The predicted molar refractivity (Wildman–Crippen MR) is 131 cm³/mol. The highest BCUT2D eigenvalue weighted by molar-refractivity contribution is 5.74. The Balaban J connectivity index is 1.48. The minimum atomic E-state index is -4.94. The number of piperidine rings is 1. The fraction of sp³-hybridized carbons (Fsp3) is 0.519. The Hall–Kier alpha value is -2.83. The van der Waals surface area contributed by atoms with Crippen molar-refractivity contribution < 1.29 is 40.6 Å². The maximum absolute atomic E-state index is 13.3. The van der Waals surface area contributed by atoms with Crippen molar-refractivity contribution in [2.24, 2.45) is 0 Å². The van der Waals surface area contributed by atoms with Crippen molar-refractivity contribution in [3.8, 4) is 0 Å². The Morgan fingerprint density at radius 2 is 1.69 bits per heavy atom.